The highest BCUT2D eigenvalue weighted by atomic mass is 16.1. The van der Waals surface area contributed by atoms with Gasteiger partial charge in [0.05, 0.1) is 5.54 Å². The van der Waals surface area contributed by atoms with E-state index in [2.05, 4.69) is 25.7 Å². The number of carbonyl (C=O) groups is 1. The number of nitrogens with zero attached hydrogens (tertiary/aromatic N) is 1. The molecule has 0 fully saturated rings. The number of rotatable bonds is 2. The monoisotopic (exact) mass is 213 g/mol. The molecule has 0 aliphatic heterocycles. The summed E-state index contributed by atoms with van der Waals surface area (Å²) in [6.45, 7) is 16.3. The Kier molecular flexibility index (Phi) is 3.80. The molecular weight excluding hydrogens is 186 g/mol. The highest BCUT2D eigenvalue weighted by Gasteiger charge is 2.42. The van der Waals surface area contributed by atoms with Gasteiger partial charge in [-0.3, -0.25) is 9.69 Å². The maximum Gasteiger partial charge on any atom is 0.157 e. The molecular formula is C13H27NO. The zero-order valence-electron chi connectivity index (χ0n) is 11.9. The molecule has 0 radical (unpaired) electrons. The van der Waals surface area contributed by atoms with Crippen LogP contribution in [0, 0.1) is 5.41 Å². The van der Waals surface area contributed by atoms with Crippen LogP contribution >= 0.6 is 0 Å². The quantitative estimate of drug-likeness (QED) is 0.702. The van der Waals surface area contributed by atoms with E-state index >= 15 is 0 Å². The lowest BCUT2D eigenvalue weighted by Crippen LogP contribution is -2.58. The molecule has 0 aliphatic rings. The molecule has 0 aromatic rings. The summed E-state index contributed by atoms with van der Waals surface area (Å²) >= 11 is 0. The predicted octanol–water partition coefficient (Wildman–Crippen LogP) is 3.11. The first kappa shape index (κ1) is 14.6. The van der Waals surface area contributed by atoms with Gasteiger partial charge in [-0.25, -0.2) is 0 Å². The number of hydrogen-bond donors (Lipinski definition) is 0. The Morgan fingerprint density at radius 1 is 0.867 bits per heavy atom. The Morgan fingerprint density at radius 2 is 1.20 bits per heavy atom. The average Bonchev–Trinajstić information content (AvgIpc) is 1.98. The van der Waals surface area contributed by atoms with Crippen LogP contribution in [0.5, 0.6) is 0 Å². The molecule has 0 N–H and O–H groups in total. The first-order valence-electron chi connectivity index (χ1n) is 5.60. The van der Waals surface area contributed by atoms with Crippen LogP contribution in [0.15, 0.2) is 0 Å². The molecule has 0 saturated carbocycles. The van der Waals surface area contributed by atoms with Crippen LogP contribution in [0.2, 0.25) is 0 Å². The van der Waals surface area contributed by atoms with Crippen LogP contribution in [0.3, 0.4) is 0 Å². The molecule has 2 nitrogen and oxygen atoms in total. The molecule has 0 heterocycles. The van der Waals surface area contributed by atoms with E-state index in [-0.39, 0.29) is 16.7 Å². The van der Waals surface area contributed by atoms with Gasteiger partial charge in [0.2, 0.25) is 0 Å². The molecule has 0 aromatic heterocycles. The topological polar surface area (TPSA) is 20.3 Å². The van der Waals surface area contributed by atoms with Gasteiger partial charge in [-0.2, -0.15) is 0 Å². The Labute approximate surface area is 95.0 Å². The molecule has 2 heteroatoms. The fraction of sp³-hybridized carbons (Fsp3) is 0.923. The van der Waals surface area contributed by atoms with Crippen LogP contribution in [0.1, 0.15) is 55.4 Å². The Morgan fingerprint density at radius 3 is 1.40 bits per heavy atom. The third-order valence-electron chi connectivity index (χ3n) is 3.08. The molecule has 0 aromatic carbocycles. The van der Waals surface area contributed by atoms with Crippen LogP contribution < -0.4 is 0 Å². The van der Waals surface area contributed by atoms with Crippen molar-refractivity contribution in [3.63, 3.8) is 0 Å². The maximum atomic E-state index is 12.3. The first-order chi connectivity index (χ1) is 6.31. The number of carbonyl (C=O) groups excluding carboxylic acids is 1. The van der Waals surface area contributed by atoms with Gasteiger partial charge < -0.3 is 0 Å². The van der Waals surface area contributed by atoms with Crippen molar-refractivity contribution < 1.29 is 4.79 Å². The van der Waals surface area contributed by atoms with Crippen molar-refractivity contribution in [2.75, 3.05) is 7.05 Å². The zero-order chi connectivity index (χ0) is 12.7. The maximum absolute atomic E-state index is 12.3. The SMILES string of the molecule is CN(C(C)(C)C)C(C)(C)C(=O)C(C)(C)C. The van der Waals surface area contributed by atoms with Crippen molar-refractivity contribution in [1.29, 1.82) is 0 Å². The second-order valence-electron chi connectivity index (χ2n) is 6.87. The third kappa shape index (κ3) is 3.30. The van der Waals surface area contributed by atoms with E-state index in [1.807, 2.05) is 41.7 Å². The fourth-order valence-electron chi connectivity index (χ4n) is 1.91. The molecule has 0 saturated heterocycles. The van der Waals surface area contributed by atoms with Gasteiger partial charge in [0, 0.05) is 11.0 Å². The van der Waals surface area contributed by atoms with Crippen LogP contribution in [0.25, 0.3) is 0 Å². The van der Waals surface area contributed by atoms with Gasteiger partial charge in [-0.05, 0) is 41.7 Å². The van der Waals surface area contributed by atoms with E-state index in [4.69, 9.17) is 0 Å². The molecule has 0 aliphatic carbocycles. The smallest absolute Gasteiger partial charge is 0.157 e. The van der Waals surface area contributed by atoms with E-state index in [0.29, 0.717) is 0 Å². The van der Waals surface area contributed by atoms with E-state index in [0.717, 1.165) is 0 Å². The lowest BCUT2D eigenvalue weighted by Gasteiger charge is -2.45. The van der Waals surface area contributed by atoms with Crippen molar-refractivity contribution in [3.05, 3.63) is 0 Å². The Hall–Kier alpha value is -0.370. The summed E-state index contributed by atoms with van der Waals surface area (Å²) < 4.78 is 0. The molecule has 15 heavy (non-hydrogen) atoms. The molecule has 0 atom stereocenters. The number of Topliss-reactive ketones (excluding diaryl/α,β-unsaturated/α-hetero) is 1. The summed E-state index contributed by atoms with van der Waals surface area (Å²) in [5.41, 5.74) is -0.704. The van der Waals surface area contributed by atoms with Crippen molar-refractivity contribution in [3.8, 4) is 0 Å². The molecule has 0 rings (SSSR count). The van der Waals surface area contributed by atoms with E-state index in [9.17, 15) is 4.79 Å². The highest BCUT2D eigenvalue weighted by Crippen LogP contribution is 2.30. The average molecular weight is 213 g/mol. The normalized spacial score (nSPS) is 14.5. The summed E-state index contributed by atoms with van der Waals surface area (Å²) in [4.78, 5) is 14.5. The summed E-state index contributed by atoms with van der Waals surface area (Å²) in [6, 6.07) is 0. The second kappa shape index (κ2) is 3.89. The van der Waals surface area contributed by atoms with Gasteiger partial charge in [0.25, 0.3) is 0 Å². The minimum absolute atomic E-state index is 0.00438. The molecule has 0 spiro atoms. The van der Waals surface area contributed by atoms with Crippen molar-refractivity contribution in [2.45, 2.75) is 66.5 Å². The summed E-state index contributed by atoms with van der Waals surface area (Å²) in [5.74, 6) is 0.285. The van der Waals surface area contributed by atoms with E-state index in [1.54, 1.807) is 0 Å². The minimum Gasteiger partial charge on any atom is -0.297 e. The molecule has 0 bridgehead atoms. The summed E-state index contributed by atoms with van der Waals surface area (Å²) in [5, 5.41) is 0. The van der Waals surface area contributed by atoms with Gasteiger partial charge >= 0.3 is 0 Å². The molecule has 0 amide bonds. The van der Waals surface area contributed by atoms with Gasteiger partial charge in [0.15, 0.2) is 5.78 Å². The van der Waals surface area contributed by atoms with Crippen LogP contribution in [-0.4, -0.2) is 28.8 Å². The summed E-state index contributed by atoms with van der Waals surface area (Å²) in [6.07, 6.45) is 0. The third-order valence-corrected chi connectivity index (χ3v) is 3.08. The second-order valence-corrected chi connectivity index (χ2v) is 6.87. The van der Waals surface area contributed by atoms with Gasteiger partial charge in [0.1, 0.15) is 0 Å². The van der Waals surface area contributed by atoms with Crippen molar-refractivity contribution >= 4 is 5.78 Å². The molecule has 90 valence electrons. The number of hydrogen-bond acceptors (Lipinski definition) is 2. The Balaban J connectivity index is 5.08. The largest absolute Gasteiger partial charge is 0.297 e. The van der Waals surface area contributed by atoms with Crippen molar-refractivity contribution in [2.24, 2.45) is 5.41 Å². The first-order valence-corrected chi connectivity index (χ1v) is 5.60. The minimum atomic E-state index is -0.420. The van der Waals surface area contributed by atoms with E-state index < -0.39 is 5.54 Å². The number of likely N-dealkylation sites (N-methyl/N-ethyl adjacent to an activating group) is 1. The summed E-state index contributed by atoms with van der Waals surface area (Å²) in [7, 11) is 2.02. The fourth-order valence-corrected chi connectivity index (χ4v) is 1.91. The van der Waals surface area contributed by atoms with Gasteiger partial charge in [-0.1, -0.05) is 20.8 Å². The van der Waals surface area contributed by atoms with Crippen molar-refractivity contribution in [1.82, 2.24) is 4.90 Å². The highest BCUT2D eigenvalue weighted by molar-refractivity contribution is 5.92. The van der Waals surface area contributed by atoms with Crippen LogP contribution in [-0.2, 0) is 4.79 Å². The standard InChI is InChI=1S/C13H27NO/c1-11(2,3)10(15)13(7,8)14(9)12(4,5)6/h1-9H3. The Bertz CT molecular complexity index is 240. The van der Waals surface area contributed by atoms with Gasteiger partial charge in [-0.15, -0.1) is 0 Å². The van der Waals surface area contributed by atoms with Crippen LogP contribution in [0.4, 0.5) is 0 Å². The predicted molar refractivity (Wildman–Crippen MR) is 66.1 cm³/mol. The molecule has 0 unspecified atom stereocenters. The number of ketones is 1. The lowest BCUT2D eigenvalue weighted by molar-refractivity contribution is -0.139. The lowest BCUT2D eigenvalue weighted by atomic mass is 9.78. The zero-order valence-corrected chi connectivity index (χ0v) is 11.9. The van der Waals surface area contributed by atoms with E-state index in [1.165, 1.54) is 0 Å².